The number of nitrogens with one attached hydrogen (secondary N) is 1. The number of rotatable bonds is 6. The van der Waals surface area contributed by atoms with Gasteiger partial charge in [-0.05, 0) is 18.4 Å². The Labute approximate surface area is 84.9 Å². The van der Waals surface area contributed by atoms with Crippen LogP contribution in [-0.4, -0.2) is 44.6 Å². The average molecular weight is 201 g/mol. The van der Waals surface area contributed by atoms with E-state index in [0.717, 1.165) is 31.6 Å². The molecule has 0 saturated heterocycles. The first kappa shape index (κ1) is 11.5. The van der Waals surface area contributed by atoms with E-state index in [4.69, 9.17) is 9.47 Å². The second-order valence-corrected chi connectivity index (χ2v) is 3.38. The van der Waals surface area contributed by atoms with Crippen LogP contribution in [0.4, 0.5) is 0 Å². The van der Waals surface area contributed by atoms with Crippen molar-refractivity contribution in [2.75, 3.05) is 33.4 Å². The molecule has 82 valence electrons. The van der Waals surface area contributed by atoms with Gasteiger partial charge in [-0.15, -0.1) is 0 Å². The highest BCUT2D eigenvalue weighted by Crippen LogP contribution is 2.14. The first-order valence-corrected chi connectivity index (χ1v) is 5.03. The minimum absolute atomic E-state index is 0.424. The smallest absolute Gasteiger partial charge is 0.0906 e. The van der Waals surface area contributed by atoms with Crippen molar-refractivity contribution >= 4 is 0 Å². The van der Waals surface area contributed by atoms with Gasteiger partial charge in [-0.3, -0.25) is 0 Å². The third-order valence-corrected chi connectivity index (χ3v) is 2.21. The van der Waals surface area contributed by atoms with Gasteiger partial charge in [0.15, 0.2) is 0 Å². The molecule has 1 aliphatic heterocycles. The summed E-state index contributed by atoms with van der Waals surface area (Å²) in [6.07, 6.45) is 3.20. The summed E-state index contributed by atoms with van der Waals surface area (Å²) in [6, 6.07) is 0. The maximum atomic E-state index is 9.72. The highest BCUT2D eigenvalue weighted by molar-refractivity contribution is 5.07. The molecule has 0 aromatic rings. The van der Waals surface area contributed by atoms with Gasteiger partial charge in [0.2, 0.25) is 0 Å². The van der Waals surface area contributed by atoms with Crippen molar-refractivity contribution in [3.63, 3.8) is 0 Å². The molecule has 0 aromatic heterocycles. The number of hydrogen-bond acceptors (Lipinski definition) is 4. The summed E-state index contributed by atoms with van der Waals surface area (Å²) in [6.45, 7) is 2.77. The van der Waals surface area contributed by atoms with E-state index in [0.29, 0.717) is 13.2 Å². The van der Waals surface area contributed by atoms with Crippen LogP contribution in [0.5, 0.6) is 0 Å². The fourth-order valence-corrected chi connectivity index (χ4v) is 1.37. The van der Waals surface area contributed by atoms with Crippen LogP contribution in [-0.2, 0) is 9.47 Å². The fourth-order valence-electron chi connectivity index (χ4n) is 1.37. The largest absolute Gasteiger partial charge is 0.501 e. The monoisotopic (exact) mass is 201 g/mol. The average Bonchev–Trinajstić information content (AvgIpc) is 2.25. The third-order valence-electron chi connectivity index (χ3n) is 2.21. The highest BCUT2D eigenvalue weighted by Gasteiger charge is 2.13. The van der Waals surface area contributed by atoms with Crippen molar-refractivity contribution in [1.29, 1.82) is 0 Å². The molecule has 2 N–H and O–H groups in total. The molecule has 1 unspecified atom stereocenters. The molecule has 0 saturated carbocycles. The molecule has 14 heavy (non-hydrogen) atoms. The van der Waals surface area contributed by atoms with Crippen molar-refractivity contribution < 1.29 is 14.6 Å². The second-order valence-electron chi connectivity index (χ2n) is 3.38. The van der Waals surface area contributed by atoms with Gasteiger partial charge in [-0.2, -0.15) is 0 Å². The molecule has 0 aliphatic carbocycles. The van der Waals surface area contributed by atoms with Gasteiger partial charge in [0.05, 0.1) is 25.6 Å². The van der Waals surface area contributed by atoms with E-state index in [1.807, 2.05) is 0 Å². The Morgan fingerprint density at radius 2 is 2.57 bits per heavy atom. The van der Waals surface area contributed by atoms with Crippen LogP contribution in [0.3, 0.4) is 0 Å². The molecule has 1 aliphatic rings. The van der Waals surface area contributed by atoms with Crippen LogP contribution in [0.1, 0.15) is 12.8 Å². The number of ether oxygens (including phenoxy) is 2. The molecule has 0 bridgehead atoms. The maximum absolute atomic E-state index is 9.72. The summed E-state index contributed by atoms with van der Waals surface area (Å²) in [5.74, 6) is 0. The van der Waals surface area contributed by atoms with Crippen LogP contribution in [0.25, 0.3) is 0 Å². The predicted octanol–water partition coefficient (Wildman–Crippen LogP) is 0.278. The van der Waals surface area contributed by atoms with Gasteiger partial charge >= 0.3 is 0 Å². The van der Waals surface area contributed by atoms with Gasteiger partial charge < -0.3 is 19.9 Å². The Morgan fingerprint density at radius 1 is 1.71 bits per heavy atom. The molecule has 0 aromatic carbocycles. The second kappa shape index (κ2) is 6.81. The highest BCUT2D eigenvalue weighted by atomic mass is 16.5. The van der Waals surface area contributed by atoms with E-state index in [1.54, 1.807) is 13.4 Å². The van der Waals surface area contributed by atoms with Crippen molar-refractivity contribution in [2.45, 2.75) is 18.9 Å². The molecule has 0 radical (unpaired) electrons. The van der Waals surface area contributed by atoms with E-state index in [2.05, 4.69) is 5.32 Å². The number of hydrogen-bond donors (Lipinski definition) is 2. The zero-order chi connectivity index (χ0) is 10.2. The van der Waals surface area contributed by atoms with E-state index in [1.165, 1.54) is 0 Å². The Morgan fingerprint density at radius 3 is 3.21 bits per heavy atom. The van der Waals surface area contributed by atoms with Gasteiger partial charge in [-0.1, -0.05) is 0 Å². The summed E-state index contributed by atoms with van der Waals surface area (Å²) in [5, 5.41) is 12.8. The Balaban J connectivity index is 2.13. The zero-order valence-electron chi connectivity index (χ0n) is 8.66. The molecule has 0 amide bonds. The summed E-state index contributed by atoms with van der Waals surface area (Å²) in [7, 11) is 1.66. The third kappa shape index (κ3) is 4.09. The van der Waals surface area contributed by atoms with E-state index < -0.39 is 6.10 Å². The van der Waals surface area contributed by atoms with Crippen LogP contribution in [0.15, 0.2) is 11.8 Å². The van der Waals surface area contributed by atoms with Crippen LogP contribution >= 0.6 is 0 Å². The molecule has 1 rings (SSSR count). The first-order chi connectivity index (χ1) is 6.84. The van der Waals surface area contributed by atoms with Crippen molar-refractivity contribution in [3.8, 4) is 0 Å². The summed E-state index contributed by atoms with van der Waals surface area (Å²) >= 11 is 0. The molecular formula is C10H19NO3. The van der Waals surface area contributed by atoms with Gasteiger partial charge in [0.1, 0.15) is 0 Å². The van der Waals surface area contributed by atoms with Gasteiger partial charge in [-0.25, -0.2) is 0 Å². The summed E-state index contributed by atoms with van der Waals surface area (Å²) < 4.78 is 10.0. The topological polar surface area (TPSA) is 50.7 Å². The van der Waals surface area contributed by atoms with Gasteiger partial charge in [0, 0.05) is 20.2 Å². The lowest BCUT2D eigenvalue weighted by Crippen LogP contribution is -2.31. The lowest BCUT2D eigenvalue weighted by atomic mass is 10.0. The van der Waals surface area contributed by atoms with E-state index in [9.17, 15) is 5.11 Å². The van der Waals surface area contributed by atoms with Crippen LogP contribution < -0.4 is 5.32 Å². The molecule has 1 heterocycles. The summed E-state index contributed by atoms with van der Waals surface area (Å²) in [4.78, 5) is 0. The van der Waals surface area contributed by atoms with Crippen molar-refractivity contribution in [1.82, 2.24) is 5.32 Å². The number of methoxy groups -OCH3 is 1. The first-order valence-electron chi connectivity index (χ1n) is 5.03. The Bertz CT molecular complexity index is 182. The Hall–Kier alpha value is -0.580. The fraction of sp³-hybridized carbons (Fsp3) is 0.800. The number of aliphatic hydroxyl groups excluding tert-OH is 1. The number of aliphatic hydroxyl groups is 1. The normalized spacial score (nSPS) is 18.6. The quantitative estimate of drug-likeness (QED) is 0.606. The van der Waals surface area contributed by atoms with Gasteiger partial charge in [0.25, 0.3) is 0 Å². The van der Waals surface area contributed by atoms with Crippen molar-refractivity contribution in [3.05, 3.63) is 11.8 Å². The van der Waals surface area contributed by atoms with Crippen LogP contribution in [0, 0.1) is 0 Å². The van der Waals surface area contributed by atoms with Crippen molar-refractivity contribution in [2.24, 2.45) is 0 Å². The molecule has 0 spiro atoms. The lowest BCUT2D eigenvalue weighted by molar-refractivity contribution is 0.159. The lowest BCUT2D eigenvalue weighted by Gasteiger charge is -2.19. The van der Waals surface area contributed by atoms with E-state index in [-0.39, 0.29) is 0 Å². The standard InChI is InChI=1S/C10H19NO3/c1-13-6-4-11-7-10(12)9-3-2-5-14-8-9/h8,10-12H,2-7H2,1H3. The minimum atomic E-state index is -0.424. The molecule has 4 heteroatoms. The Kier molecular flexibility index (Phi) is 5.59. The molecule has 1 atom stereocenters. The van der Waals surface area contributed by atoms with Crippen LogP contribution in [0.2, 0.25) is 0 Å². The molecular weight excluding hydrogens is 182 g/mol. The molecule has 4 nitrogen and oxygen atoms in total. The summed E-state index contributed by atoms with van der Waals surface area (Å²) in [5.41, 5.74) is 0.987. The predicted molar refractivity (Wildman–Crippen MR) is 54.0 cm³/mol. The maximum Gasteiger partial charge on any atom is 0.0906 e. The zero-order valence-corrected chi connectivity index (χ0v) is 8.66. The SMILES string of the molecule is COCCNCC(O)C1=COCCC1. The van der Waals surface area contributed by atoms with E-state index >= 15 is 0 Å². The molecule has 0 fully saturated rings. The minimum Gasteiger partial charge on any atom is -0.501 e.